The molecule has 0 amide bonds. The molecule has 1 saturated carbocycles. The van der Waals surface area contributed by atoms with Gasteiger partial charge in [0.05, 0.1) is 7.11 Å². The van der Waals surface area contributed by atoms with Crippen LogP contribution in [0.3, 0.4) is 0 Å². The third-order valence-corrected chi connectivity index (χ3v) is 3.26. The Hall–Kier alpha value is -1.24. The van der Waals surface area contributed by atoms with Gasteiger partial charge < -0.3 is 4.74 Å². The first-order valence-electron chi connectivity index (χ1n) is 4.90. The van der Waals surface area contributed by atoms with Gasteiger partial charge in [0.15, 0.2) is 0 Å². The van der Waals surface area contributed by atoms with E-state index in [1.165, 1.54) is 11.1 Å². The van der Waals surface area contributed by atoms with Crippen LogP contribution < -0.4 is 4.74 Å². The van der Waals surface area contributed by atoms with Crippen LogP contribution in [0.5, 0.6) is 5.75 Å². The van der Waals surface area contributed by atoms with Crippen molar-refractivity contribution in [3.63, 3.8) is 0 Å². The van der Waals surface area contributed by atoms with Crippen molar-refractivity contribution in [3.8, 4) is 5.75 Å². The maximum Gasteiger partial charge on any atom is 0.118 e. The Labute approximate surface area is 85.4 Å². The van der Waals surface area contributed by atoms with Crippen molar-refractivity contribution in [1.82, 2.24) is 0 Å². The smallest absolute Gasteiger partial charge is 0.118 e. The highest BCUT2D eigenvalue weighted by Gasteiger charge is 2.51. The third kappa shape index (κ3) is 1.24. The number of hydrogen-bond acceptors (Lipinski definition) is 1. The molecule has 1 atom stereocenters. The first-order valence-corrected chi connectivity index (χ1v) is 4.90. The average molecular weight is 188 g/mol. The van der Waals surface area contributed by atoms with Gasteiger partial charge in [0, 0.05) is 5.92 Å². The minimum Gasteiger partial charge on any atom is -0.497 e. The standard InChI is InChI=1S/C13H16O/c1-9-12(13(9,2)3)10-5-7-11(14-4)8-6-10/h5-8,12H,1H2,2-4H3. The van der Waals surface area contributed by atoms with E-state index in [0.29, 0.717) is 5.92 Å². The van der Waals surface area contributed by atoms with Gasteiger partial charge in [-0.25, -0.2) is 0 Å². The first-order chi connectivity index (χ1) is 6.57. The van der Waals surface area contributed by atoms with Gasteiger partial charge in [-0.2, -0.15) is 0 Å². The summed E-state index contributed by atoms with van der Waals surface area (Å²) in [4.78, 5) is 0. The molecule has 0 spiro atoms. The summed E-state index contributed by atoms with van der Waals surface area (Å²) in [6, 6.07) is 8.28. The van der Waals surface area contributed by atoms with E-state index < -0.39 is 0 Å². The summed E-state index contributed by atoms with van der Waals surface area (Å²) in [6.45, 7) is 8.57. The van der Waals surface area contributed by atoms with Crippen molar-refractivity contribution in [2.75, 3.05) is 7.11 Å². The van der Waals surface area contributed by atoms with Crippen LogP contribution in [-0.4, -0.2) is 7.11 Å². The van der Waals surface area contributed by atoms with E-state index in [-0.39, 0.29) is 5.41 Å². The predicted molar refractivity (Wildman–Crippen MR) is 58.7 cm³/mol. The zero-order chi connectivity index (χ0) is 10.3. The first kappa shape index (κ1) is 9.32. The molecule has 0 radical (unpaired) electrons. The molecule has 1 unspecified atom stereocenters. The lowest BCUT2D eigenvalue weighted by Gasteiger charge is -2.03. The summed E-state index contributed by atoms with van der Waals surface area (Å²) in [5, 5.41) is 0. The summed E-state index contributed by atoms with van der Waals surface area (Å²) < 4.78 is 5.13. The van der Waals surface area contributed by atoms with Crippen molar-refractivity contribution in [2.45, 2.75) is 19.8 Å². The van der Waals surface area contributed by atoms with E-state index in [2.05, 4.69) is 32.6 Å². The van der Waals surface area contributed by atoms with Crippen LogP contribution in [0.1, 0.15) is 25.3 Å². The molecule has 1 aliphatic rings. The second-order valence-electron chi connectivity index (χ2n) is 4.45. The highest BCUT2D eigenvalue weighted by atomic mass is 16.5. The molecule has 0 heterocycles. The summed E-state index contributed by atoms with van der Waals surface area (Å²) >= 11 is 0. The molecule has 0 bridgehead atoms. The topological polar surface area (TPSA) is 9.23 Å². The normalized spacial score (nSPS) is 23.4. The molecule has 1 fully saturated rings. The van der Waals surface area contributed by atoms with Crippen LogP contribution in [0, 0.1) is 5.41 Å². The van der Waals surface area contributed by atoms with Crippen molar-refractivity contribution >= 4 is 0 Å². The lowest BCUT2D eigenvalue weighted by molar-refractivity contribution is 0.414. The summed E-state index contributed by atoms with van der Waals surface area (Å²) in [7, 11) is 1.69. The molecule has 0 saturated heterocycles. The number of allylic oxidation sites excluding steroid dienone is 1. The molecule has 0 aliphatic heterocycles. The molecule has 1 nitrogen and oxygen atoms in total. The maximum atomic E-state index is 5.13. The van der Waals surface area contributed by atoms with Gasteiger partial charge in [-0.1, -0.05) is 38.1 Å². The molecule has 0 aromatic heterocycles. The van der Waals surface area contributed by atoms with Gasteiger partial charge in [-0.15, -0.1) is 0 Å². The highest BCUT2D eigenvalue weighted by Crippen LogP contribution is 2.63. The van der Waals surface area contributed by atoms with E-state index >= 15 is 0 Å². The highest BCUT2D eigenvalue weighted by molar-refractivity contribution is 5.48. The van der Waals surface area contributed by atoms with E-state index in [4.69, 9.17) is 4.74 Å². The quantitative estimate of drug-likeness (QED) is 0.646. The minimum absolute atomic E-state index is 0.286. The molecule has 2 rings (SSSR count). The van der Waals surface area contributed by atoms with Crippen LogP contribution >= 0.6 is 0 Å². The molecule has 1 heteroatoms. The van der Waals surface area contributed by atoms with E-state index in [9.17, 15) is 0 Å². The molecule has 1 aromatic rings. The Balaban J connectivity index is 2.24. The number of rotatable bonds is 2. The SMILES string of the molecule is C=C1C(c2ccc(OC)cc2)C1(C)C. The van der Waals surface area contributed by atoms with Gasteiger partial charge in [0.1, 0.15) is 5.75 Å². The molecular weight excluding hydrogens is 172 g/mol. The monoisotopic (exact) mass is 188 g/mol. The number of methoxy groups -OCH3 is 1. The molecular formula is C13H16O. The Kier molecular flexibility index (Phi) is 1.91. The van der Waals surface area contributed by atoms with Crippen molar-refractivity contribution in [1.29, 1.82) is 0 Å². The zero-order valence-electron chi connectivity index (χ0n) is 9.00. The minimum atomic E-state index is 0.286. The fraction of sp³-hybridized carbons (Fsp3) is 0.385. The summed E-state index contributed by atoms with van der Waals surface area (Å²) in [5.74, 6) is 1.45. The third-order valence-electron chi connectivity index (χ3n) is 3.26. The van der Waals surface area contributed by atoms with Crippen LogP contribution in [0.2, 0.25) is 0 Å². The van der Waals surface area contributed by atoms with Crippen LogP contribution in [0.25, 0.3) is 0 Å². The van der Waals surface area contributed by atoms with Crippen LogP contribution in [-0.2, 0) is 0 Å². The lowest BCUT2D eigenvalue weighted by Crippen LogP contribution is -1.90. The largest absolute Gasteiger partial charge is 0.497 e. The summed E-state index contributed by atoms with van der Waals surface area (Å²) in [5.41, 5.74) is 2.97. The number of benzene rings is 1. The Morgan fingerprint density at radius 3 is 2.07 bits per heavy atom. The molecule has 0 N–H and O–H groups in total. The average Bonchev–Trinajstić information content (AvgIpc) is 2.67. The van der Waals surface area contributed by atoms with E-state index in [1.807, 2.05) is 12.1 Å². The van der Waals surface area contributed by atoms with Crippen molar-refractivity contribution in [2.24, 2.45) is 5.41 Å². The van der Waals surface area contributed by atoms with Crippen molar-refractivity contribution < 1.29 is 4.74 Å². The second kappa shape index (κ2) is 2.88. The second-order valence-corrected chi connectivity index (χ2v) is 4.45. The zero-order valence-corrected chi connectivity index (χ0v) is 9.00. The fourth-order valence-electron chi connectivity index (χ4n) is 2.05. The van der Waals surface area contributed by atoms with Crippen LogP contribution in [0.4, 0.5) is 0 Å². The number of ether oxygens (including phenoxy) is 1. The van der Waals surface area contributed by atoms with Gasteiger partial charge in [0.2, 0.25) is 0 Å². The summed E-state index contributed by atoms with van der Waals surface area (Å²) in [6.07, 6.45) is 0. The molecule has 1 aliphatic carbocycles. The number of hydrogen-bond donors (Lipinski definition) is 0. The van der Waals surface area contributed by atoms with Gasteiger partial charge in [-0.05, 0) is 23.1 Å². The fourth-order valence-corrected chi connectivity index (χ4v) is 2.05. The van der Waals surface area contributed by atoms with Gasteiger partial charge in [0.25, 0.3) is 0 Å². The van der Waals surface area contributed by atoms with Gasteiger partial charge >= 0.3 is 0 Å². The van der Waals surface area contributed by atoms with Crippen molar-refractivity contribution in [3.05, 3.63) is 42.0 Å². The molecule has 74 valence electrons. The van der Waals surface area contributed by atoms with Crippen LogP contribution in [0.15, 0.2) is 36.4 Å². The van der Waals surface area contributed by atoms with Gasteiger partial charge in [-0.3, -0.25) is 0 Å². The predicted octanol–water partition coefficient (Wildman–Crippen LogP) is 3.37. The van der Waals surface area contributed by atoms with E-state index in [0.717, 1.165) is 5.75 Å². The Morgan fingerprint density at radius 2 is 1.71 bits per heavy atom. The Morgan fingerprint density at radius 1 is 1.21 bits per heavy atom. The maximum absolute atomic E-state index is 5.13. The molecule has 1 aromatic carbocycles. The Bertz CT molecular complexity index is 359. The lowest BCUT2D eigenvalue weighted by atomic mass is 10.0. The van der Waals surface area contributed by atoms with E-state index in [1.54, 1.807) is 7.11 Å². The molecule has 14 heavy (non-hydrogen) atoms.